The number of amides is 1. The molecule has 2 aromatic rings. The Labute approximate surface area is 141 Å². The highest BCUT2D eigenvalue weighted by molar-refractivity contribution is 5.83. The van der Waals surface area contributed by atoms with E-state index in [-0.39, 0.29) is 17.6 Å². The Kier molecular flexibility index (Phi) is 6.61. The molecule has 0 aliphatic carbocycles. The molecule has 1 atom stereocenters. The van der Waals surface area contributed by atoms with Gasteiger partial charge in [-0.1, -0.05) is 19.1 Å². The zero-order valence-corrected chi connectivity index (χ0v) is 13.9. The van der Waals surface area contributed by atoms with Crippen molar-refractivity contribution < 1.29 is 18.7 Å². The van der Waals surface area contributed by atoms with E-state index in [9.17, 15) is 9.18 Å². The summed E-state index contributed by atoms with van der Waals surface area (Å²) in [7, 11) is 1.61. The molecule has 0 aromatic heterocycles. The minimum Gasteiger partial charge on any atom is -0.497 e. The summed E-state index contributed by atoms with van der Waals surface area (Å²) < 4.78 is 23.6. The van der Waals surface area contributed by atoms with Gasteiger partial charge in [-0.3, -0.25) is 4.79 Å². The van der Waals surface area contributed by atoms with Crippen LogP contribution in [-0.2, 0) is 4.79 Å². The van der Waals surface area contributed by atoms with Crippen molar-refractivity contribution >= 4 is 5.91 Å². The zero-order valence-electron chi connectivity index (χ0n) is 13.9. The molecule has 128 valence electrons. The Bertz CT molecular complexity index is 641. The number of ether oxygens (including phenoxy) is 2. The molecule has 1 amide bonds. The summed E-state index contributed by atoms with van der Waals surface area (Å²) in [6.45, 7) is 2.71. The van der Waals surface area contributed by atoms with Gasteiger partial charge in [0.2, 0.25) is 5.91 Å². The first-order valence-corrected chi connectivity index (χ1v) is 7.94. The van der Waals surface area contributed by atoms with Crippen LogP contribution >= 0.6 is 0 Å². The van der Waals surface area contributed by atoms with E-state index in [1.54, 1.807) is 19.2 Å². The average molecular weight is 331 g/mol. The minimum absolute atomic E-state index is 0.0811. The lowest BCUT2D eigenvalue weighted by molar-refractivity contribution is -0.122. The van der Waals surface area contributed by atoms with Crippen LogP contribution < -0.4 is 14.8 Å². The summed E-state index contributed by atoms with van der Waals surface area (Å²) >= 11 is 0. The number of hydrogen-bond donors (Lipinski definition) is 1. The highest BCUT2D eigenvalue weighted by Gasteiger charge is 2.18. The predicted molar refractivity (Wildman–Crippen MR) is 90.9 cm³/mol. The quantitative estimate of drug-likeness (QED) is 0.753. The third kappa shape index (κ3) is 4.98. The monoisotopic (exact) mass is 331 g/mol. The van der Waals surface area contributed by atoms with Gasteiger partial charge in [0, 0.05) is 0 Å². The number of halogens is 1. The number of nitrogens with one attached hydrogen (secondary N) is 1. The Morgan fingerprint density at radius 3 is 2.29 bits per heavy atom. The van der Waals surface area contributed by atoms with Gasteiger partial charge >= 0.3 is 0 Å². The Morgan fingerprint density at radius 1 is 1.08 bits per heavy atom. The van der Waals surface area contributed by atoms with Crippen molar-refractivity contribution in [2.45, 2.75) is 19.3 Å². The first kappa shape index (κ1) is 17.8. The largest absolute Gasteiger partial charge is 0.497 e. The van der Waals surface area contributed by atoms with Gasteiger partial charge in [0.05, 0.1) is 19.6 Å². The van der Waals surface area contributed by atoms with Crippen LogP contribution in [0, 0.1) is 5.82 Å². The van der Waals surface area contributed by atoms with Gasteiger partial charge in [0.1, 0.15) is 23.9 Å². The van der Waals surface area contributed by atoms with E-state index in [4.69, 9.17) is 9.47 Å². The lowest BCUT2D eigenvalue weighted by Crippen LogP contribution is -2.32. The van der Waals surface area contributed by atoms with Crippen LogP contribution in [0.25, 0.3) is 0 Å². The summed E-state index contributed by atoms with van der Waals surface area (Å²) in [5.41, 5.74) is 0.812. The first-order valence-electron chi connectivity index (χ1n) is 7.94. The van der Waals surface area contributed by atoms with E-state index in [1.165, 1.54) is 12.1 Å². The molecule has 5 heteroatoms. The van der Waals surface area contributed by atoms with Gasteiger partial charge in [-0.25, -0.2) is 4.39 Å². The number of benzene rings is 2. The van der Waals surface area contributed by atoms with Crippen LogP contribution in [0.4, 0.5) is 4.39 Å². The second-order valence-electron chi connectivity index (χ2n) is 5.33. The lowest BCUT2D eigenvalue weighted by atomic mass is 9.95. The third-order valence-corrected chi connectivity index (χ3v) is 3.73. The normalized spacial score (nSPS) is 11.6. The number of rotatable bonds is 8. The molecule has 24 heavy (non-hydrogen) atoms. The maximum absolute atomic E-state index is 13.0. The van der Waals surface area contributed by atoms with Crippen LogP contribution in [-0.4, -0.2) is 26.2 Å². The van der Waals surface area contributed by atoms with Gasteiger partial charge in [0.25, 0.3) is 0 Å². The molecule has 4 nitrogen and oxygen atoms in total. The molecule has 0 saturated carbocycles. The molecule has 1 unspecified atom stereocenters. The Balaban J connectivity index is 1.79. The number of hydrogen-bond acceptors (Lipinski definition) is 3. The van der Waals surface area contributed by atoms with Crippen LogP contribution in [0.15, 0.2) is 48.5 Å². The van der Waals surface area contributed by atoms with E-state index in [0.717, 1.165) is 17.1 Å². The molecule has 0 fully saturated rings. The molecule has 0 heterocycles. The van der Waals surface area contributed by atoms with Crippen LogP contribution in [0.3, 0.4) is 0 Å². The fraction of sp³-hybridized carbons (Fsp3) is 0.316. The number of methoxy groups -OCH3 is 1. The SMILES string of the molecule is CCC(C(=O)NCCOc1ccc(OC)cc1)c1ccc(F)cc1. The standard InChI is InChI=1S/C19H22FNO3/c1-3-18(14-4-6-15(20)7-5-14)19(22)21-12-13-24-17-10-8-16(23-2)9-11-17/h4-11,18H,3,12-13H2,1-2H3,(H,21,22). The van der Waals surface area contributed by atoms with Crippen molar-refractivity contribution in [3.05, 3.63) is 59.9 Å². The van der Waals surface area contributed by atoms with E-state index in [1.807, 2.05) is 31.2 Å². The molecule has 0 aliphatic heterocycles. The van der Waals surface area contributed by atoms with E-state index in [0.29, 0.717) is 19.6 Å². The summed E-state index contributed by atoms with van der Waals surface area (Å²) in [4.78, 5) is 12.3. The molecular formula is C19H22FNO3. The maximum Gasteiger partial charge on any atom is 0.227 e. The van der Waals surface area contributed by atoms with Crippen LogP contribution in [0.1, 0.15) is 24.8 Å². The second kappa shape index (κ2) is 8.91. The van der Waals surface area contributed by atoms with E-state index < -0.39 is 0 Å². The second-order valence-corrected chi connectivity index (χ2v) is 5.33. The van der Waals surface area contributed by atoms with Gasteiger partial charge in [-0.05, 0) is 48.4 Å². The fourth-order valence-corrected chi connectivity index (χ4v) is 2.41. The smallest absolute Gasteiger partial charge is 0.227 e. The number of carbonyl (C=O) groups excluding carboxylic acids is 1. The molecule has 0 aliphatic rings. The van der Waals surface area contributed by atoms with Crippen molar-refractivity contribution in [3.63, 3.8) is 0 Å². The average Bonchev–Trinajstić information content (AvgIpc) is 2.61. The Morgan fingerprint density at radius 2 is 1.71 bits per heavy atom. The van der Waals surface area contributed by atoms with Crippen molar-refractivity contribution in [2.75, 3.05) is 20.3 Å². The minimum atomic E-state index is -0.304. The predicted octanol–water partition coefficient (Wildman–Crippen LogP) is 3.52. The molecule has 1 N–H and O–H groups in total. The summed E-state index contributed by atoms with van der Waals surface area (Å²) in [5.74, 6) is 0.812. The van der Waals surface area contributed by atoms with Crippen LogP contribution in [0.5, 0.6) is 11.5 Å². The Hall–Kier alpha value is -2.56. The lowest BCUT2D eigenvalue weighted by Gasteiger charge is -2.15. The van der Waals surface area contributed by atoms with Crippen molar-refractivity contribution in [1.29, 1.82) is 0 Å². The third-order valence-electron chi connectivity index (χ3n) is 3.73. The molecule has 2 rings (SSSR count). The van der Waals surface area contributed by atoms with Gasteiger partial charge in [-0.2, -0.15) is 0 Å². The summed E-state index contributed by atoms with van der Waals surface area (Å²) in [5, 5.41) is 2.86. The summed E-state index contributed by atoms with van der Waals surface area (Å²) in [6, 6.07) is 13.3. The van der Waals surface area contributed by atoms with Gasteiger partial charge in [0.15, 0.2) is 0 Å². The van der Waals surface area contributed by atoms with E-state index in [2.05, 4.69) is 5.32 Å². The number of carbonyl (C=O) groups is 1. The summed E-state index contributed by atoms with van der Waals surface area (Å²) in [6.07, 6.45) is 0.650. The van der Waals surface area contributed by atoms with Crippen molar-refractivity contribution in [2.24, 2.45) is 0 Å². The fourth-order valence-electron chi connectivity index (χ4n) is 2.41. The zero-order chi connectivity index (χ0) is 17.4. The maximum atomic E-state index is 13.0. The molecule has 0 saturated heterocycles. The molecular weight excluding hydrogens is 309 g/mol. The highest BCUT2D eigenvalue weighted by Crippen LogP contribution is 2.20. The molecule has 0 spiro atoms. The van der Waals surface area contributed by atoms with Crippen molar-refractivity contribution in [1.82, 2.24) is 5.32 Å². The highest BCUT2D eigenvalue weighted by atomic mass is 19.1. The van der Waals surface area contributed by atoms with Gasteiger partial charge in [-0.15, -0.1) is 0 Å². The first-order chi connectivity index (χ1) is 11.6. The topological polar surface area (TPSA) is 47.6 Å². The van der Waals surface area contributed by atoms with E-state index >= 15 is 0 Å². The van der Waals surface area contributed by atoms with Crippen LogP contribution in [0.2, 0.25) is 0 Å². The molecule has 0 bridgehead atoms. The van der Waals surface area contributed by atoms with Crippen molar-refractivity contribution in [3.8, 4) is 11.5 Å². The molecule has 2 aromatic carbocycles. The molecule has 0 radical (unpaired) electrons. The van der Waals surface area contributed by atoms with Gasteiger partial charge < -0.3 is 14.8 Å².